The molecule has 4 heterocycles. The molecule has 0 radical (unpaired) electrons. The normalized spacial score (nSPS) is 14.6. The van der Waals surface area contributed by atoms with Gasteiger partial charge in [0, 0.05) is 37.2 Å². The fraction of sp³-hybridized carbons (Fsp3) is 0.120. The molecular formula is C25H17N3. The molecule has 0 amide bonds. The third kappa shape index (κ3) is 1.74. The van der Waals surface area contributed by atoms with E-state index >= 15 is 0 Å². The quantitative estimate of drug-likeness (QED) is 0.367. The molecule has 3 aliphatic rings. The van der Waals surface area contributed by atoms with Crippen molar-refractivity contribution in [2.45, 2.75) is 19.3 Å². The molecule has 0 atom stereocenters. The summed E-state index contributed by atoms with van der Waals surface area (Å²) in [6.45, 7) is 0. The Labute approximate surface area is 163 Å². The Bertz CT molecular complexity index is 1290. The lowest BCUT2D eigenvalue weighted by molar-refractivity contribution is 0.933. The Hall–Kier alpha value is -3.46. The van der Waals surface area contributed by atoms with Crippen molar-refractivity contribution in [2.24, 2.45) is 0 Å². The minimum atomic E-state index is 0.855. The first-order chi connectivity index (χ1) is 13.9. The monoisotopic (exact) mass is 359 g/mol. The van der Waals surface area contributed by atoms with E-state index in [1.165, 1.54) is 50.3 Å². The zero-order chi connectivity index (χ0) is 18.2. The van der Waals surface area contributed by atoms with Crippen LogP contribution in [0.3, 0.4) is 0 Å². The molecule has 4 aromatic rings. The van der Waals surface area contributed by atoms with Gasteiger partial charge in [0.15, 0.2) is 0 Å². The van der Waals surface area contributed by atoms with Crippen LogP contribution in [-0.4, -0.2) is 9.97 Å². The molecule has 7 rings (SSSR count). The first kappa shape index (κ1) is 14.6. The zero-order valence-corrected chi connectivity index (χ0v) is 15.3. The molecule has 2 aromatic carbocycles. The van der Waals surface area contributed by atoms with E-state index in [0.717, 1.165) is 30.8 Å². The zero-order valence-electron chi connectivity index (χ0n) is 15.3. The second-order valence-electron chi connectivity index (χ2n) is 7.87. The fourth-order valence-corrected chi connectivity index (χ4v) is 5.23. The summed E-state index contributed by atoms with van der Waals surface area (Å²) in [6.07, 6.45) is 6.67. The topological polar surface area (TPSA) is 29.0 Å². The van der Waals surface area contributed by atoms with E-state index in [9.17, 15) is 0 Å². The highest BCUT2D eigenvalue weighted by Crippen LogP contribution is 2.53. The van der Waals surface area contributed by atoms with Gasteiger partial charge in [-0.2, -0.15) is 0 Å². The van der Waals surface area contributed by atoms with Gasteiger partial charge in [-0.1, -0.05) is 42.5 Å². The maximum absolute atomic E-state index is 4.82. The van der Waals surface area contributed by atoms with Gasteiger partial charge in [0.05, 0.1) is 17.1 Å². The van der Waals surface area contributed by atoms with Crippen molar-refractivity contribution >= 4 is 17.2 Å². The molecule has 0 spiro atoms. The van der Waals surface area contributed by atoms with E-state index in [0.29, 0.717) is 0 Å². The summed E-state index contributed by atoms with van der Waals surface area (Å²) < 4.78 is 0. The van der Waals surface area contributed by atoms with Gasteiger partial charge in [0.2, 0.25) is 0 Å². The molecule has 0 saturated carbocycles. The third-order valence-corrected chi connectivity index (χ3v) is 6.39. The predicted octanol–water partition coefficient (Wildman–Crippen LogP) is 5.33. The minimum absolute atomic E-state index is 0.855. The second kappa shape index (κ2) is 5.08. The summed E-state index contributed by atoms with van der Waals surface area (Å²) >= 11 is 0. The highest BCUT2D eigenvalue weighted by atomic mass is 15.2. The van der Waals surface area contributed by atoms with Crippen LogP contribution in [0, 0.1) is 0 Å². The largest absolute Gasteiger partial charge is 0.292 e. The summed E-state index contributed by atoms with van der Waals surface area (Å²) in [6, 6.07) is 19.8. The number of anilines is 3. The molecule has 0 N–H and O–H groups in total. The summed E-state index contributed by atoms with van der Waals surface area (Å²) in [5.74, 6) is 1.06. The number of aromatic nitrogens is 2. The Kier molecular flexibility index (Phi) is 2.64. The first-order valence-electron chi connectivity index (χ1n) is 9.82. The van der Waals surface area contributed by atoms with Gasteiger partial charge in [-0.25, -0.2) is 4.98 Å². The summed E-state index contributed by atoms with van der Waals surface area (Å²) in [5.41, 5.74) is 13.3. The fourth-order valence-electron chi connectivity index (χ4n) is 5.23. The Morgan fingerprint density at radius 3 is 2.50 bits per heavy atom. The maximum Gasteiger partial charge on any atom is 0.141 e. The molecule has 0 bridgehead atoms. The van der Waals surface area contributed by atoms with E-state index in [-0.39, 0.29) is 0 Å². The summed E-state index contributed by atoms with van der Waals surface area (Å²) in [7, 11) is 0. The number of hydrogen-bond donors (Lipinski definition) is 0. The number of rotatable bonds is 0. The van der Waals surface area contributed by atoms with Crippen LogP contribution in [0.2, 0.25) is 0 Å². The van der Waals surface area contributed by atoms with Crippen LogP contribution in [0.4, 0.5) is 17.2 Å². The molecule has 3 heteroatoms. The number of nitrogens with zero attached hydrogens (tertiary/aromatic N) is 3. The van der Waals surface area contributed by atoms with Crippen molar-refractivity contribution in [3.63, 3.8) is 0 Å². The molecule has 3 nitrogen and oxygen atoms in total. The smallest absolute Gasteiger partial charge is 0.141 e. The van der Waals surface area contributed by atoms with E-state index in [4.69, 9.17) is 9.97 Å². The van der Waals surface area contributed by atoms with Gasteiger partial charge in [-0.05, 0) is 45.5 Å². The lowest BCUT2D eigenvalue weighted by atomic mass is 9.87. The van der Waals surface area contributed by atoms with Crippen LogP contribution in [0.15, 0.2) is 67.0 Å². The van der Waals surface area contributed by atoms with Crippen LogP contribution in [0.1, 0.15) is 33.5 Å². The van der Waals surface area contributed by atoms with Crippen molar-refractivity contribution in [2.75, 3.05) is 4.90 Å². The van der Waals surface area contributed by atoms with Gasteiger partial charge in [-0.3, -0.25) is 9.88 Å². The first-order valence-corrected chi connectivity index (χ1v) is 9.82. The van der Waals surface area contributed by atoms with Crippen molar-refractivity contribution < 1.29 is 0 Å². The van der Waals surface area contributed by atoms with Crippen LogP contribution in [-0.2, 0) is 19.3 Å². The third-order valence-electron chi connectivity index (χ3n) is 6.39. The molecule has 0 unspecified atom stereocenters. The second-order valence-corrected chi connectivity index (χ2v) is 7.87. The molecule has 2 aliphatic heterocycles. The summed E-state index contributed by atoms with van der Waals surface area (Å²) in [4.78, 5) is 12.0. The number of pyridine rings is 2. The lowest BCUT2D eigenvalue weighted by Gasteiger charge is -2.39. The molecule has 0 saturated heterocycles. The van der Waals surface area contributed by atoms with E-state index < -0.39 is 0 Å². The SMILES string of the molecule is c1ccc2c(c1)Cc1c-2ccc2c1N1c3ncccc3Cc3nccc(c31)C2. The van der Waals surface area contributed by atoms with Crippen molar-refractivity contribution in [3.8, 4) is 11.1 Å². The average Bonchev–Trinajstić information content (AvgIpc) is 3.12. The number of hydrogen-bond acceptors (Lipinski definition) is 3. The maximum atomic E-state index is 4.82. The molecule has 132 valence electrons. The highest BCUT2D eigenvalue weighted by molar-refractivity contribution is 5.93. The van der Waals surface area contributed by atoms with E-state index in [1.807, 2.05) is 18.5 Å². The highest BCUT2D eigenvalue weighted by Gasteiger charge is 2.36. The molecular weight excluding hydrogens is 342 g/mol. The predicted molar refractivity (Wildman–Crippen MR) is 111 cm³/mol. The standard InChI is InChI=1S/C25H17N3/c1-2-6-19-15(4-1)13-21-20(19)8-7-16-12-17-9-11-26-22-14-18-5-3-10-27-25(18)28(23(16)21)24(17)22/h1-11H,12-14H2. The van der Waals surface area contributed by atoms with E-state index in [1.54, 1.807) is 0 Å². The van der Waals surface area contributed by atoms with Gasteiger partial charge in [-0.15, -0.1) is 0 Å². The van der Waals surface area contributed by atoms with E-state index in [2.05, 4.69) is 53.4 Å². The van der Waals surface area contributed by atoms with Crippen molar-refractivity contribution in [1.29, 1.82) is 0 Å². The van der Waals surface area contributed by atoms with Crippen LogP contribution >= 0.6 is 0 Å². The molecule has 28 heavy (non-hydrogen) atoms. The van der Waals surface area contributed by atoms with Gasteiger partial charge in [0.25, 0.3) is 0 Å². The Balaban J connectivity index is 1.56. The minimum Gasteiger partial charge on any atom is -0.292 e. The van der Waals surface area contributed by atoms with Gasteiger partial charge >= 0.3 is 0 Å². The van der Waals surface area contributed by atoms with Crippen LogP contribution in [0.25, 0.3) is 11.1 Å². The average molecular weight is 359 g/mol. The van der Waals surface area contributed by atoms with Gasteiger partial charge < -0.3 is 0 Å². The van der Waals surface area contributed by atoms with Gasteiger partial charge in [0.1, 0.15) is 5.82 Å². The van der Waals surface area contributed by atoms with Crippen molar-refractivity contribution in [3.05, 3.63) is 101 Å². The molecule has 0 fully saturated rings. The number of benzene rings is 2. The number of fused-ring (bicyclic) bond motifs is 8. The molecule has 1 aliphatic carbocycles. The summed E-state index contributed by atoms with van der Waals surface area (Å²) in [5, 5.41) is 0. The lowest BCUT2D eigenvalue weighted by Crippen LogP contribution is -2.27. The van der Waals surface area contributed by atoms with Crippen LogP contribution in [0.5, 0.6) is 0 Å². The molecule has 2 aromatic heterocycles. The Morgan fingerprint density at radius 1 is 0.607 bits per heavy atom. The Morgan fingerprint density at radius 2 is 1.50 bits per heavy atom. The van der Waals surface area contributed by atoms with Crippen molar-refractivity contribution in [1.82, 2.24) is 9.97 Å². The van der Waals surface area contributed by atoms with Crippen LogP contribution < -0.4 is 4.90 Å².